The number of ether oxygens (including phenoxy) is 2. The topological polar surface area (TPSA) is 71.8 Å². The van der Waals surface area contributed by atoms with Crippen molar-refractivity contribution in [3.05, 3.63) is 29.8 Å². The van der Waals surface area contributed by atoms with Crippen molar-refractivity contribution in [3.63, 3.8) is 0 Å². The summed E-state index contributed by atoms with van der Waals surface area (Å²) < 4.78 is 11.2. The summed E-state index contributed by atoms with van der Waals surface area (Å²) in [6.45, 7) is 1.18. The van der Waals surface area contributed by atoms with Gasteiger partial charge in [-0.2, -0.15) is 0 Å². The van der Waals surface area contributed by atoms with Crippen LogP contribution < -0.4 is 9.47 Å². The van der Waals surface area contributed by atoms with Crippen LogP contribution in [-0.2, 0) is 6.42 Å². The van der Waals surface area contributed by atoms with E-state index in [1.807, 2.05) is 24.3 Å². The maximum atomic E-state index is 10.2. The van der Waals surface area contributed by atoms with Crippen LogP contribution in [0.3, 0.4) is 0 Å². The monoisotopic (exact) mass is 275 g/mol. The Morgan fingerprint density at radius 3 is 2.90 bits per heavy atom. The molecule has 1 aliphatic heterocycles. The summed E-state index contributed by atoms with van der Waals surface area (Å²) in [5, 5.41) is 20.3. The molecule has 20 heavy (non-hydrogen) atoms. The molecule has 0 saturated heterocycles. The number of aromatic nitrogens is 1. The molecule has 5 nitrogen and oxygen atoms in total. The van der Waals surface area contributed by atoms with Crippen LogP contribution in [0, 0.1) is 0 Å². The maximum Gasteiger partial charge on any atom is 0.221 e. The number of fused-ring (bicyclic) bond motifs is 2. The number of para-hydroxylation sites is 1. The predicted octanol–water partition coefficient (Wildman–Crippen LogP) is 1.29. The Balaban J connectivity index is 2.12. The number of nitrogens with zero attached hydrogens (tertiary/aromatic N) is 1. The van der Waals surface area contributed by atoms with E-state index in [0.717, 1.165) is 22.2 Å². The molecule has 0 aliphatic carbocycles. The van der Waals surface area contributed by atoms with E-state index in [-0.39, 0.29) is 6.61 Å². The molecule has 1 aromatic carbocycles. The van der Waals surface area contributed by atoms with Crippen molar-refractivity contribution in [2.45, 2.75) is 25.0 Å². The zero-order valence-electron chi connectivity index (χ0n) is 11.5. The van der Waals surface area contributed by atoms with Gasteiger partial charge in [0.15, 0.2) is 0 Å². The van der Waals surface area contributed by atoms with Crippen molar-refractivity contribution in [1.29, 1.82) is 0 Å². The summed E-state index contributed by atoms with van der Waals surface area (Å²) in [5.41, 5.74) is 0.315. The molecule has 2 heterocycles. The summed E-state index contributed by atoms with van der Waals surface area (Å²) in [6, 6.07) is 7.66. The molecular weight excluding hydrogens is 258 g/mol. The fourth-order valence-electron chi connectivity index (χ4n) is 2.52. The van der Waals surface area contributed by atoms with Gasteiger partial charge in [-0.3, -0.25) is 0 Å². The number of hydrogen-bond donors (Lipinski definition) is 2. The molecule has 2 atom stereocenters. The first-order chi connectivity index (χ1) is 9.56. The summed E-state index contributed by atoms with van der Waals surface area (Å²) in [4.78, 5) is 4.47. The highest BCUT2D eigenvalue weighted by atomic mass is 16.5. The molecule has 2 N–H and O–H groups in total. The van der Waals surface area contributed by atoms with Crippen LogP contribution in [0.15, 0.2) is 24.3 Å². The molecule has 0 fully saturated rings. The van der Waals surface area contributed by atoms with Crippen LogP contribution in [0.4, 0.5) is 0 Å². The summed E-state index contributed by atoms with van der Waals surface area (Å²) in [6.07, 6.45) is -0.0649. The summed E-state index contributed by atoms with van der Waals surface area (Å²) in [5.74, 6) is 1.20. The zero-order valence-corrected chi connectivity index (χ0v) is 11.5. The van der Waals surface area contributed by atoms with E-state index in [1.54, 1.807) is 14.0 Å². The molecule has 3 rings (SSSR count). The van der Waals surface area contributed by atoms with Gasteiger partial charge in [0.05, 0.1) is 24.8 Å². The van der Waals surface area contributed by atoms with E-state index < -0.39 is 11.7 Å². The van der Waals surface area contributed by atoms with Gasteiger partial charge in [-0.15, -0.1) is 0 Å². The lowest BCUT2D eigenvalue weighted by molar-refractivity contribution is -0.0738. The Kier molecular flexibility index (Phi) is 3.03. The minimum absolute atomic E-state index is 0.368. The minimum Gasteiger partial charge on any atom is -0.496 e. The average Bonchev–Trinajstić information content (AvgIpc) is 2.88. The summed E-state index contributed by atoms with van der Waals surface area (Å²) in [7, 11) is 1.61. The van der Waals surface area contributed by atoms with Gasteiger partial charge in [-0.05, 0) is 19.1 Å². The molecule has 0 saturated carbocycles. The number of benzene rings is 1. The second-order valence-electron chi connectivity index (χ2n) is 5.27. The standard InChI is InChI=1S/C15H17NO4/c1-15(18,8-17)12-7-10-13(19-2)9-5-3-4-6-11(9)16-14(10)20-12/h3-6,12,17-18H,7-8H2,1-2H3/t12-,15+/m0/s1. The van der Waals surface area contributed by atoms with Gasteiger partial charge in [0.2, 0.25) is 5.88 Å². The number of pyridine rings is 1. The predicted molar refractivity (Wildman–Crippen MR) is 74.1 cm³/mol. The van der Waals surface area contributed by atoms with Gasteiger partial charge in [0.1, 0.15) is 17.5 Å². The highest BCUT2D eigenvalue weighted by molar-refractivity contribution is 5.87. The molecule has 1 aliphatic rings. The molecule has 2 aromatic rings. The third-order valence-electron chi connectivity index (χ3n) is 3.76. The molecular formula is C15H17NO4. The number of methoxy groups -OCH3 is 1. The molecule has 0 bridgehead atoms. The second kappa shape index (κ2) is 4.61. The molecule has 0 unspecified atom stereocenters. The van der Waals surface area contributed by atoms with E-state index in [4.69, 9.17) is 9.47 Å². The quantitative estimate of drug-likeness (QED) is 0.883. The van der Waals surface area contributed by atoms with Crippen LogP contribution in [0.2, 0.25) is 0 Å². The minimum atomic E-state index is -1.31. The molecule has 106 valence electrons. The van der Waals surface area contributed by atoms with Crippen molar-refractivity contribution >= 4 is 10.9 Å². The first kappa shape index (κ1) is 13.1. The number of rotatable bonds is 3. The fourth-order valence-corrected chi connectivity index (χ4v) is 2.52. The van der Waals surface area contributed by atoms with Gasteiger partial charge in [0.25, 0.3) is 0 Å². The van der Waals surface area contributed by atoms with Crippen molar-refractivity contribution in [2.24, 2.45) is 0 Å². The lowest BCUT2D eigenvalue weighted by Gasteiger charge is -2.26. The Bertz CT molecular complexity index is 654. The maximum absolute atomic E-state index is 10.2. The Morgan fingerprint density at radius 1 is 1.45 bits per heavy atom. The van der Waals surface area contributed by atoms with Crippen molar-refractivity contribution in [3.8, 4) is 11.6 Å². The van der Waals surface area contributed by atoms with E-state index in [0.29, 0.717) is 12.3 Å². The van der Waals surface area contributed by atoms with Crippen LogP contribution in [0.1, 0.15) is 12.5 Å². The first-order valence-corrected chi connectivity index (χ1v) is 6.52. The van der Waals surface area contributed by atoms with Crippen LogP contribution in [0.25, 0.3) is 10.9 Å². The average molecular weight is 275 g/mol. The van der Waals surface area contributed by atoms with E-state index in [2.05, 4.69) is 4.98 Å². The molecule has 0 radical (unpaired) electrons. The third-order valence-corrected chi connectivity index (χ3v) is 3.76. The van der Waals surface area contributed by atoms with Crippen LogP contribution >= 0.6 is 0 Å². The first-order valence-electron chi connectivity index (χ1n) is 6.52. The van der Waals surface area contributed by atoms with E-state index >= 15 is 0 Å². The van der Waals surface area contributed by atoms with E-state index in [1.165, 1.54) is 0 Å². The van der Waals surface area contributed by atoms with Crippen molar-refractivity contribution in [1.82, 2.24) is 4.98 Å². The second-order valence-corrected chi connectivity index (χ2v) is 5.27. The normalized spacial score (nSPS) is 20.3. The Morgan fingerprint density at radius 2 is 2.20 bits per heavy atom. The number of aliphatic hydroxyl groups excluding tert-OH is 1. The Labute approximate surface area is 116 Å². The molecule has 0 spiro atoms. The smallest absolute Gasteiger partial charge is 0.221 e. The highest BCUT2D eigenvalue weighted by Gasteiger charge is 2.40. The number of aliphatic hydroxyl groups is 2. The summed E-state index contributed by atoms with van der Waals surface area (Å²) >= 11 is 0. The van der Waals surface area contributed by atoms with Gasteiger partial charge in [-0.25, -0.2) is 4.98 Å². The molecule has 1 aromatic heterocycles. The van der Waals surface area contributed by atoms with E-state index in [9.17, 15) is 10.2 Å². The molecule has 5 heteroatoms. The van der Waals surface area contributed by atoms with Gasteiger partial charge < -0.3 is 19.7 Å². The van der Waals surface area contributed by atoms with Crippen LogP contribution in [-0.4, -0.2) is 40.6 Å². The van der Waals surface area contributed by atoms with Gasteiger partial charge in [0, 0.05) is 11.8 Å². The Hall–Kier alpha value is -1.85. The molecule has 0 amide bonds. The van der Waals surface area contributed by atoms with Crippen molar-refractivity contribution < 1.29 is 19.7 Å². The number of hydrogen-bond acceptors (Lipinski definition) is 5. The lowest BCUT2D eigenvalue weighted by Crippen LogP contribution is -2.45. The van der Waals surface area contributed by atoms with Gasteiger partial charge in [-0.1, -0.05) is 12.1 Å². The fraction of sp³-hybridized carbons (Fsp3) is 0.400. The van der Waals surface area contributed by atoms with Crippen LogP contribution in [0.5, 0.6) is 11.6 Å². The third kappa shape index (κ3) is 1.90. The van der Waals surface area contributed by atoms with Gasteiger partial charge >= 0.3 is 0 Å². The zero-order chi connectivity index (χ0) is 14.3. The lowest BCUT2D eigenvalue weighted by atomic mass is 9.95. The largest absolute Gasteiger partial charge is 0.496 e. The SMILES string of the molecule is COc1c2c(nc3ccccc13)O[C@H]([C@](C)(O)CO)C2. The highest BCUT2D eigenvalue weighted by Crippen LogP contribution is 2.41. The van der Waals surface area contributed by atoms with Crippen molar-refractivity contribution in [2.75, 3.05) is 13.7 Å².